The lowest BCUT2D eigenvalue weighted by molar-refractivity contribution is 0.172. The molecule has 0 aliphatic carbocycles. The van der Waals surface area contributed by atoms with Gasteiger partial charge in [0.1, 0.15) is 11.9 Å². The lowest BCUT2D eigenvalue weighted by Crippen LogP contribution is -2.29. The van der Waals surface area contributed by atoms with Gasteiger partial charge in [0.15, 0.2) is 11.6 Å². The molecular weight excluding hydrogens is 260 g/mol. The van der Waals surface area contributed by atoms with Gasteiger partial charge in [0.05, 0.1) is 0 Å². The fourth-order valence-electron chi connectivity index (χ4n) is 1.94. The summed E-state index contributed by atoms with van der Waals surface area (Å²) >= 11 is 0. The van der Waals surface area contributed by atoms with E-state index < -0.39 is 17.7 Å². The number of halogens is 2. The molecule has 0 fully saturated rings. The Balaban J connectivity index is 2.30. The van der Waals surface area contributed by atoms with E-state index in [2.05, 4.69) is 0 Å². The molecule has 2 atom stereocenters. The minimum atomic E-state index is -0.607. The molecule has 0 aromatic heterocycles. The van der Waals surface area contributed by atoms with Gasteiger partial charge in [0, 0.05) is 12.1 Å². The highest BCUT2D eigenvalue weighted by molar-refractivity contribution is 5.29. The zero-order valence-electron chi connectivity index (χ0n) is 11.4. The van der Waals surface area contributed by atoms with Crippen LogP contribution < -0.4 is 10.5 Å². The van der Waals surface area contributed by atoms with Gasteiger partial charge in [-0.1, -0.05) is 29.8 Å². The Morgan fingerprint density at radius 3 is 2.30 bits per heavy atom. The number of benzene rings is 2. The fraction of sp³-hybridized carbons (Fsp3) is 0.250. The predicted octanol–water partition coefficient (Wildman–Crippen LogP) is 3.74. The lowest BCUT2D eigenvalue weighted by Gasteiger charge is -2.23. The summed E-state index contributed by atoms with van der Waals surface area (Å²) in [4.78, 5) is 0. The predicted molar refractivity (Wildman–Crippen MR) is 74.6 cm³/mol. The van der Waals surface area contributed by atoms with E-state index in [9.17, 15) is 8.78 Å². The zero-order chi connectivity index (χ0) is 14.7. The highest BCUT2D eigenvalue weighted by Crippen LogP contribution is 2.27. The van der Waals surface area contributed by atoms with Gasteiger partial charge < -0.3 is 10.5 Å². The maximum atomic E-state index is 13.6. The standard InChI is InChI=1S/C16H17F2NO/c1-10-3-5-12(6-4-10)16(11(2)19)20-15-9-13(17)7-8-14(15)18/h3-9,11,16H,19H2,1-2H3. The fourth-order valence-corrected chi connectivity index (χ4v) is 1.94. The second-order valence-electron chi connectivity index (χ2n) is 4.88. The smallest absolute Gasteiger partial charge is 0.165 e. The molecule has 2 unspecified atom stereocenters. The van der Waals surface area contributed by atoms with E-state index in [1.165, 1.54) is 0 Å². The first-order valence-electron chi connectivity index (χ1n) is 6.41. The van der Waals surface area contributed by atoms with E-state index >= 15 is 0 Å². The van der Waals surface area contributed by atoms with Crippen molar-refractivity contribution in [2.45, 2.75) is 26.0 Å². The number of ether oxygens (including phenoxy) is 1. The van der Waals surface area contributed by atoms with Gasteiger partial charge in [0.25, 0.3) is 0 Å². The first-order valence-corrected chi connectivity index (χ1v) is 6.41. The topological polar surface area (TPSA) is 35.2 Å². The number of rotatable bonds is 4. The van der Waals surface area contributed by atoms with Crippen LogP contribution in [-0.4, -0.2) is 6.04 Å². The van der Waals surface area contributed by atoms with Crippen molar-refractivity contribution in [3.63, 3.8) is 0 Å². The minimum Gasteiger partial charge on any atom is -0.481 e. The SMILES string of the molecule is Cc1ccc(C(Oc2cc(F)ccc2F)C(C)N)cc1. The van der Waals surface area contributed by atoms with E-state index in [-0.39, 0.29) is 11.8 Å². The number of hydrogen-bond acceptors (Lipinski definition) is 2. The summed E-state index contributed by atoms with van der Waals surface area (Å²) in [6.45, 7) is 3.74. The molecule has 2 aromatic rings. The molecule has 2 N–H and O–H groups in total. The van der Waals surface area contributed by atoms with Crippen molar-refractivity contribution in [1.82, 2.24) is 0 Å². The maximum absolute atomic E-state index is 13.6. The molecule has 0 aliphatic heterocycles. The average molecular weight is 277 g/mol. The monoisotopic (exact) mass is 277 g/mol. The van der Waals surface area contributed by atoms with Gasteiger partial charge in [-0.05, 0) is 31.5 Å². The Labute approximate surface area is 117 Å². The molecule has 106 valence electrons. The molecule has 0 bridgehead atoms. The first kappa shape index (κ1) is 14.5. The average Bonchev–Trinajstić information content (AvgIpc) is 2.40. The molecule has 0 saturated carbocycles. The summed E-state index contributed by atoms with van der Waals surface area (Å²) in [5.41, 5.74) is 7.84. The maximum Gasteiger partial charge on any atom is 0.165 e. The third kappa shape index (κ3) is 3.33. The molecule has 0 radical (unpaired) electrons. The Hall–Kier alpha value is -1.94. The summed E-state index contributed by atoms with van der Waals surface area (Å²) in [5.74, 6) is -1.29. The molecule has 0 aliphatic rings. The van der Waals surface area contributed by atoms with Crippen LogP contribution in [-0.2, 0) is 0 Å². The van der Waals surface area contributed by atoms with Crippen LogP contribution in [0.15, 0.2) is 42.5 Å². The van der Waals surface area contributed by atoms with E-state index in [1.807, 2.05) is 31.2 Å². The normalized spacial score (nSPS) is 13.8. The summed E-state index contributed by atoms with van der Waals surface area (Å²) in [6, 6.07) is 10.4. The number of aryl methyl sites for hydroxylation is 1. The van der Waals surface area contributed by atoms with Gasteiger partial charge in [-0.15, -0.1) is 0 Å². The highest BCUT2D eigenvalue weighted by Gasteiger charge is 2.20. The lowest BCUT2D eigenvalue weighted by atomic mass is 10.0. The van der Waals surface area contributed by atoms with Crippen molar-refractivity contribution >= 4 is 0 Å². The molecule has 0 amide bonds. The van der Waals surface area contributed by atoms with Crippen molar-refractivity contribution in [2.24, 2.45) is 5.73 Å². The Kier molecular flexibility index (Phi) is 4.35. The zero-order valence-corrected chi connectivity index (χ0v) is 11.4. The third-order valence-electron chi connectivity index (χ3n) is 3.03. The van der Waals surface area contributed by atoms with Gasteiger partial charge in [-0.3, -0.25) is 0 Å². The molecule has 0 spiro atoms. The van der Waals surface area contributed by atoms with E-state index in [4.69, 9.17) is 10.5 Å². The van der Waals surface area contributed by atoms with E-state index in [0.717, 1.165) is 29.3 Å². The minimum absolute atomic E-state index is 0.132. The van der Waals surface area contributed by atoms with Crippen LogP contribution in [0.1, 0.15) is 24.2 Å². The van der Waals surface area contributed by atoms with Crippen molar-refractivity contribution in [3.05, 3.63) is 65.2 Å². The molecule has 2 nitrogen and oxygen atoms in total. The Morgan fingerprint density at radius 2 is 1.70 bits per heavy atom. The van der Waals surface area contributed by atoms with Gasteiger partial charge in [-0.2, -0.15) is 0 Å². The van der Waals surface area contributed by atoms with Crippen LogP contribution in [0, 0.1) is 18.6 Å². The van der Waals surface area contributed by atoms with Crippen LogP contribution in [0.4, 0.5) is 8.78 Å². The number of hydrogen-bond donors (Lipinski definition) is 1. The number of nitrogens with two attached hydrogens (primary N) is 1. The summed E-state index contributed by atoms with van der Waals surface area (Å²) < 4.78 is 32.4. The summed E-state index contributed by atoms with van der Waals surface area (Å²) in [6.07, 6.45) is -0.535. The highest BCUT2D eigenvalue weighted by atomic mass is 19.1. The summed E-state index contributed by atoms with van der Waals surface area (Å²) in [5, 5.41) is 0. The molecule has 0 heterocycles. The van der Waals surface area contributed by atoms with Crippen LogP contribution in [0.2, 0.25) is 0 Å². The second kappa shape index (κ2) is 6.01. The van der Waals surface area contributed by atoms with Crippen molar-refractivity contribution in [2.75, 3.05) is 0 Å². The van der Waals surface area contributed by atoms with Crippen LogP contribution in [0.25, 0.3) is 0 Å². The van der Waals surface area contributed by atoms with Crippen LogP contribution in [0.3, 0.4) is 0 Å². The first-order chi connectivity index (χ1) is 9.47. The molecule has 2 rings (SSSR count). The van der Waals surface area contributed by atoms with Crippen LogP contribution >= 0.6 is 0 Å². The molecular formula is C16H17F2NO. The molecule has 4 heteroatoms. The quantitative estimate of drug-likeness (QED) is 0.924. The second-order valence-corrected chi connectivity index (χ2v) is 4.88. The van der Waals surface area contributed by atoms with E-state index in [1.54, 1.807) is 6.92 Å². The Morgan fingerprint density at radius 1 is 1.05 bits per heavy atom. The molecule has 0 saturated heterocycles. The van der Waals surface area contributed by atoms with Gasteiger partial charge in [0.2, 0.25) is 0 Å². The van der Waals surface area contributed by atoms with Gasteiger partial charge in [-0.25, -0.2) is 8.78 Å². The summed E-state index contributed by atoms with van der Waals surface area (Å²) in [7, 11) is 0. The molecule has 2 aromatic carbocycles. The molecule has 20 heavy (non-hydrogen) atoms. The van der Waals surface area contributed by atoms with Crippen molar-refractivity contribution < 1.29 is 13.5 Å². The van der Waals surface area contributed by atoms with Gasteiger partial charge >= 0.3 is 0 Å². The third-order valence-corrected chi connectivity index (χ3v) is 3.03. The largest absolute Gasteiger partial charge is 0.481 e. The Bertz CT molecular complexity index is 582. The van der Waals surface area contributed by atoms with Crippen molar-refractivity contribution in [3.8, 4) is 5.75 Å². The van der Waals surface area contributed by atoms with Crippen molar-refractivity contribution in [1.29, 1.82) is 0 Å². The van der Waals surface area contributed by atoms with E-state index in [0.29, 0.717) is 0 Å². The van der Waals surface area contributed by atoms with Crippen LogP contribution in [0.5, 0.6) is 5.75 Å².